The van der Waals surface area contributed by atoms with Crippen LogP contribution in [0.5, 0.6) is 0 Å². The summed E-state index contributed by atoms with van der Waals surface area (Å²) in [7, 11) is 2.04. The van der Waals surface area contributed by atoms with E-state index in [0.717, 1.165) is 5.56 Å². The number of hydrogen-bond donors (Lipinski definition) is 2. The van der Waals surface area contributed by atoms with E-state index in [1.54, 1.807) is 0 Å². The van der Waals surface area contributed by atoms with Crippen LogP contribution in [0.3, 0.4) is 0 Å². The van der Waals surface area contributed by atoms with Crippen LogP contribution in [0.2, 0.25) is 0 Å². The fourth-order valence-electron chi connectivity index (χ4n) is 2.61. The minimum absolute atomic E-state index is 0.335. The van der Waals surface area contributed by atoms with Crippen molar-refractivity contribution in [1.29, 1.82) is 0 Å². The number of benzene rings is 1. The van der Waals surface area contributed by atoms with E-state index >= 15 is 0 Å². The number of carbonyl (C=O) groups is 1. The monoisotopic (exact) mass is 291 g/mol. The summed E-state index contributed by atoms with van der Waals surface area (Å²) in [5.41, 5.74) is 5.85. The van der Waals surface area contributed by atoms with Gasteiger partial charge in [-0.1, -0.05) is 51.1 Å². The Hall–Kier alpha value is -1.39. The highest BCUT2D eigenvalue weighted by molar-refractivity contribution is 5.86. The summed E-state index contributed by atoms with van der Waals surface area (Å²) in [4.78, 5) is 14.5. The molecule has 0 heterocycles. The molecule has 0 saturated heterocycles. The van der Waals surface area contributed by atoms with Crippen molar-refractivity contribution in [1.82, 2.24) is 10.2 Å². The Labute approximate surface area is 128 Å². The lowest BCUT2D eigenvalue weighted by Crippen LogP contribution is -2.59. The third-order valence-electron chi connectivity index (χ3n) is 4.31. The molecule has 0 fully saturated rings. The van der Waals surface area contributed by atoms with Gasteiger partial charge in [0, 0.05) is 12.6 Å². The average molecular weight is 291 g/mol. The number of primary amides is 1. The van der Waals surface area contributed by atoms with E-state index in [1.807, 2.05) is 44.3 Å². The molecule has 1 aromatic rings. The molecule has 0 aromatic heterocycles. The molecule has 1 rings (SSSR count). The van der Waals surface area contributed by atoms with E-state index in [0.29, 0.717) is 25.0 Å². The topological polar surface area (TPSA) is 58.4 Å². The number of nitrogens with zero attached hydrogens (tertiary/aromatic N) is 1. The quantitative estimate of drug-likeness (QED) is 0.769. The predicted molar refractivity (Wildman–Crippen MR) is 87.9 cm³/mol. The van der Waals surface area contributed by atoms with E-state index < -0.39 is 5.54 Å². The van der Waals surface area contributed by atoms with Gasteiger partial charge in [0.2, 0.25) is 5.91 Å². The van der Waals surface area contributed by atoms with Crippen molar-refractivity contribution in [3.05, 3.63) is 35.9 Å². The zero-order valence-electron chi connectivity index (χ0n) is 13.9. The highest BCUT2D eigenvalue weighted by Crippen LogP contribution is 2.24. The smallest absolute Gasteiger partial charge is 0.243 e. The number of rotatable bonds is 8. The van der Waals surface area contributed by atoms with Gasteiger partial charge in [-0.25, -0.2) is 0 Å². The number of hydrogen-bond acceptors (Lipinski definition) is 3. The van der Waals surface area contributed by atoms with Crippen LogP contribution in [0.4, 0.5) is 0 Å². The molecule has 4 nitrogen and oxygen atoms in total. The summed E-state index contributed by atoms with van der Waals surface area (Å²) in [5, 5.41) is 3.32. The van der Waals surface area contributed by atoms with Crippen molar-refractivity contribution < 1.29 is 4.79 Å². The number of likely N-dealkylation sites (N-methyl/N-ethyl adjacent to an activating group) is 2. The van der Waals surface area contributed by atoms with Gasteiger partial charge in [0.05, 0.1) is 0 Å². The van der Waals surface area contributed by atoms with Gasteiger partial charge < -0.3 is 10.6 Å². The Balaban J connectivity index is 3.16. The van der Waals surface area contributed by atoms with Crippen LogP contribution < -0.4 is 11.1 Å². The zero-order chi connectivity index (χ0) is 16.0. The van der Waals surface area contributed by atoms with Crippen LogP contribution in [0.15, 0.2) is 30.3 Å². The maximum Gasteiger partial charge on any atom is 0.243 e. The molecule has 0 spiro atoms. The van der Waals surface area contributed by atoms with Crippen molar-refractivity contribution in [3.8, 4) is 0 Å². The van der Waals surface area contributed by atoms with Crippen LogP contribution >= 0.6 is 0 Å². The highest BCUT2D eigenvalue weighted by atomic mass is 16.1. The van der Waals surface area contributed by atoms with Gasteiger partial charge >= 0.3 is 0 Å². The Kier molecular flexibility index (Phi) is 6.37. The molecule has 0 radical (unpaired) electrons. The summed E-state index contributed by atoms with van der Waals surface area (Å²) in [5.74, 6) is 0.177. The Morgan fingerprint density at radius 1 is 1.29 bits per heavy atom. The Morgan fingerprint density at radius 3 is 2.29 bits per heavy atom. The molecule has 0 bridgehead atoms. The maximum absolute atomic E-state index is 12.3. The molecule has 3 N–H and O–H groups in total. The number of carbonyl (C=O) groups excluding carboxylic acids is 1. The molecular weight excluding hydrogens is 262 g/mol. The molecule has 0 saturated carbocycles. The summed E-state index contributed by atoms with van der Waals surface area (Å²) in [6.45, 7) is 9.77. The lowest BCUT2D eigenvalue weighted by Gasteiger charge is -2.39. The minimum atomic E-state index is -0.853. The van der Waals surface area contributed by atoms with Gasteiger partial charge in [-0.3, -0.25) is 10.1 Å². The van der Waals surface area contributed by atoms with Gasteiger partial charge in [-0.05, 0) is 32.0 Å². The minimum Gasteiger partial charge on any atom is -0.368 e. The molecule has 2 atom stereocenters. The molecule has 118 valence electrons. The SMILES string of the molecule is CCNC(CN(C)C(C)C(C)C)(C(N)=O)c1ccccc1. The summed E-state index contributed by atoms with van der Waals surface area (Å²) >= 11 is 0. The van der Waals surface area contributed by atoms with Crippen LogP contribution in [0.1, 0.15) is 33.3 Å². The van der Waals surface area contributed by atoms with Crippen molar-refractivity contribution in [2.45, 2.75) is 39.3 Å². The van der Waals surface area contributed by atoms with Crippen molar-refractivity contribution in [3.63, 3.8) is 0 Å². The summed E-state index contributed by atoms with van der Waals surface area (Å²) < 4.78 is 0. The van der Waals surface area contributed by atoms with E-state index in [4.69, 9.17) is 5.73 Å². The molecule has 0 aliphatic heterocycles. The van der Waals surface area contributed by atoms with E-state index in [-0.39, 0.29) is 5.91 Å². The average Bonchev–Trinajstić information content (AvgIpc) is 2.46. The van der Waals surface area contributed by atoms with Gasteiger partial charge in [0.15, 0.2) is 0 Å². The van der Waals surface area contributed by atoms with Gasteiger partial charge in [0.25, 0.3) is 0 Å². The van der Waals surface area contributed by atoms with Crippen LogP contribution in [0, 0.1) is 5.92 Å². The van der Waals surface area contributed by atoms with Crippen molar-refractivity contribution in [2.75, 3.05) is 20.1 Å². The Morgan fingerprint density at radius 2 is 1.86 bits per heavy atom. The number of nitrogens with one attached hydrogen (secondary N) is 1. The summed E-state index contributed by atoms with van der Waals surface area (Å²) in [6, 6.07) is 10.1. The van der Waals surface area contributed by atoms with Crippen LogP contribution in [0.25, 0.3) is 0 Å². The first-order valence-electron chi connectivity index (χ1n) is 7.65. The largest absolute Gasteiger partial charge is 0.368 e. The molecule has 1 amide bonds. The van der Waals surface area contributed by atoms with E-state index in [9.17, 15) is 4.79 Å². The van der Waals surface area contributed by atoms with Crippen molar-refractivity contribution >= 4 is 5.91 Å². The normalized spacial score (nSPS) is 16.0. The van der Waals surface area contributed by atoms with Crippen LogP contribution in [-0.4, -0.2) is 37.0 Å². The first kappa shape index (κ1) is 17.7. The molecule has 1 aromatic carbocycles. The molecule has 0 aliphatic carbocycles. The van der Waals surface area contributed by atoms with Gasteiger partial charge in [0.1, 0.15) is 5.54 Å². The fraction of sp³-hybridized carbons (Fsp3) is 0.588. The second kappa shape index (κ2) is 7.57. The van der Waals surface area contributed by atoms with E-state index in [2.05, 4.69) is 31.0 Å². The van der Waals surface area contributed by atoms with Gasteiger partial charge in [-0.2, -0.15) is 0 Å². The van der Waals surface area contributed by atoms with E-state index in [1.165, 1.54) is 0 Å². The third-order valence-corrected chi connectivity index (χ3v) is 4.31. The molecule has 0 aliphatic rings. The van der Waals surface area contributed by atoms with Crippen molar-refractivity contribution in [2.24, 2.45) is 11.7 Å². The molecular formula is C17H29N3O. The number of amides is 1. The van der Waals surface area contributed by atoms with Crippen LogP contribution in [-0.2, 0) is 10.3 Å². The zero-order valence-corrected chi connectivity index (χ0v) is 13.9. The molecule has 2 unspecified atom stereocenters. The van der Waals surface area contributed by atoms with Gasteiger partial charge in [-0.15, -0.1) is 0 Å². The molecule has 21 heavy (non-hydrogen) atoms. The Bertz CT molecular complexity index is 447. The number of nitrogens with two attached hydrogens (primary N) is 1. The first-order chi connectivity index (χ1) is 9.85. The second-order valence-corrected chi connectivity index (χ2v) is 6.07. The maximum atomic E-state index is 12.3. The standard InChI is InChI=1S/C17H29N3O/c1-6-19-17(16(18)21,15-10-8-7-9-11-15)12-20(5)14(4)13(2)3/h7-11,13-14,19H,6,12H2,1-5H3,(H2,18,21). The third kappa shape index (κ3) is 4.05. The lowest BCUT2D eigenvalue weighted by molar-refractivity contribution is -0.125. The second-order valence-electron chi connectivity index (χ2n) is 6.07. The molecule has 4 heteroatoms. The fourth-order valence-corrected chi connectivity index (χ4v) is 2.61. The first-order valence-corrected chi connectivity index (χ1v) is 7.65. The predicted octanol–water partition coefficient (Wildman–Crippen LogP) is 1.95. The highest BCUT2D eigenvalue weighted by Gasteiger charge is 2.39. The lowest BCUT2D eigenvalue weighted by atomic mass is 9.87. The summed E-state index contributed by atoms with van der Waals surface area (Å²) in [6.07, 6.45) is 0.